The third kappa shape index (κ3) is 5.31. The van der Waals surface area contributed by atoms with Gasteiger partial charge >= 0.3 is 6.18 Å². The highest BCUT2D eigenvalue weighted by atomic mass is 32.2. The third-order valence-electron chi connectivity index (χ3n) is 13.3. The van der Waals surface area contributed by atoms with Crippen LogP contribution in [-0.2, 0) is 6.18 Å². The molecule has 0 amide bonds. The summed E-state index contributed by atoms with van der Waals surface area (Å²) in [5.74, 6) is 0. The van der Waals surface area contributed by atoms with Crippen molar-refractivity contribution < 1.29 is 13.2 Å². The highest BCUT2D eigenvalue weighted by Gasteiger charge is 2.52. The van der Waals surface area contributed by atoms with E-state index in [0.717, 1.165) is 88.0 Å². The smallest absolute Gasteiger partial charge is 0.312 e. The average Bonchev–Trinajstić information content (AvgIpc) is 3.33. The lowest BCUT2D eigenvalue weighted by Crippen LogP contribution is -2.68. The highest BCUT2D eigenvalue weighted by molar-refractivity contribution is 8.00. The van der Waals surface area contributed by atoms with Gasteiger partial charge in [-0.25, -0.2) is 0 Å². The molecule has 0 aromatic heterocycles. The van der Waals surface area contributed by atoms with Crippen LogP contribution in [0.4, 0.5) is 47.3 Å². The van der Waals surface area contributed by atoms with Crippen LogP contribution in [0.15, 0.2) is 210 Å². The van der Waals surface area contributed by atoms with Gasteiger partial charge in [-0.15, -0.1) is 0 Å². The summed E-state index contributed by atoms with van der Waals surface area (Å²) in [6.45, 7) is -0.440. The van der Waals surface area contributed by atoms with Crippen LogP contribution in [0.5, 0.6) is 0 Å². The molecule has 0 radical (unpaired) electrons. The molecule has 0 unspecified atom stereocenters. The molecule has 4 aliphatic rings. The molecule has 0 saturated carbocycles. The van der Waals surface area contributed by atoms with Gasteiger partial charge in [0, 0.05) is 38.1 Å². The molecule has 296 valence electrons. The summed E-state index contributed by atoms with van der Waals surface area (Å²) in [7, 11) is 0. The number of para-hydroxylation sites is 2. The van der Waals surface area contributed by atoms with Gasteiger partial charge in [0.2, 0.25) is 6.71 Å². The SMILES string of the molecule is FC(F)(F)c1ccccc1N1c2ccccc2B2c3cc(-c4ccccc4)ccc3N3c4ccc(-c5ccccc5)cc4B4c5ccccc5Sc5c4c3c2c1c5-c1ccccc1. The lowest BCUT2D eigenvalue weighted by atomic mass is 9.29. The normalized spacial score (nSPS) is 13.8. The van der Waals surface area contributed by atoms with Crippen molar-refractivity contribution in [3.63, 3.8) is 0 Å². The van der Waals surface area contributed by atoms with Gasteiger partial charge in [-0.05, 0) is 91.5 Å². The molecule has 9 aromatic carbocycles. The average molecular weight is 833 g/mol. The quantitative estimate of drug-likeness (QED) is 0.163. The zero-order valence-electron chi connectivity index (χ0n) is 33.6. The maximum Gasteiger partial charge on any atom is 0.418 e. The van der Waals surface area contributed by atoms with E-state index in [1.807, 2.05) is 53.4 Å². The zero-order valence-corrected chi connectivity index (χ0v) is 34.5. The van der Waals surface area contributed by atoms with Crippen molar-refractivity contribution in [2.75, 3.05) is 9.80 Å². The van der Waals surface area contributed by atoms with Crippen molar-refractivity contribution in [1.82, 2.24) is 0 Å². The van der Waals surface area contributed by atoms with Crippen molar-refractivity contribution in [2.45, 2.75) is 16.0 Å². The molecule has 4 aliphatic heterocycles. The van der Waals surface area contributed by atoms with Crippen LogP contribution in [0, 0.1) is 0 Å². The number of fused-ring (bicyclic) bond motifs is 10. The Kier molecular flexibility index (Phi) is 7.92. The molecule has 0 spiro atoms. The van der Waals surface area contributed by atoms with E-state index in [9.17, 15) is 0 Å². The van der Waals surface area contributed by atoms with Crippen molar-refractivity contribution in [3.05, 3.63) is 206 Å². The number of anilines is 6. The van der Waals surface area contributed by atoms with Crippen LogP contribution in [0.25, 0.3) is 33.4 Å². The molecule has 9 aromatic rings. The number of rotatable bonds is 4. The van der Waals surface area contributed by atoms with Gasteiger partial charge in [-0.2, -0.15) is 13.2 Å². The summed E-state index contributed by atoms with van der Waals surface area (Å²) < 4.78 is 46.4. The Morgan fingerprint density at radius 2 is 0.857 bits per heavy atom. The lowest BCUT2D eigenvalue weighted by molar-refractivity contribution is -0.137. The first-order chi connectivity index (χ1) is 30.9. The minimum Gasteiger partial charge on any atom is -0.312 e. The van der Waals surface area contributed by atoms with E-state index in [1.54, 1.807) is 23.9 Å². The summed E-state index contributed by atoms with van der Waals surface area (Å²) in [6, 6.07) is 67.9. The van der Waals surface area contributed by atoms with Crippen molar-refractivity contribution in [1.29, 1.82) is 0 Å². The minimum atomic E-state index is -4.60. The number of hydrogen-bond acceptors (Lipinski definition) is 3. The second-order valence-corrected chi connectivity index (χ2v) is 17.7. The van der Waals surface area contributed by atoms with E-state index in [2.05, 4.69) is 132 Å². The standard InChI is InChI=1S/C55H33B2F3N2S/c58-55(59,60)39-22-10-13-25-44(39)61-45-26-14-11-23-40(45)56-42-32-37(34-16-4-1-5-17-34)28-30-46(42)62-47-31-29-38(35-18-6-2-7-19-35)33-43(47)57-41-24-12-15-27-48(41)63-54-49(36-20-8-3-9-21-36)52(61)50(56)53(62)51(54)57/h1-33H. The van der Waals surface area contributed by atoms with E-state index in [1.165, 1.54) is 28.5 Å². The monoisotopic (exact) mass is 832 g/mol. The van der Waals surface area contributed by atoms with Gasteiger partial charge < -0.3 is 9.80 Å². The molecule has 63 heavy (non-hydrogen) atoms. The van der Waals surface area contributed by atoms with E-state index < -0.39 is 11.7 Å². The predicted molar refractivity (Wildman–Crippen MR) is 257 cm³/mol. The van der Waals surface area contributed by atoms with E-state index in [0.29, 0.717) is 0 Å². The molecule has 0 atom stereocenters. The Morgan fingerprint density at radius 1 is 0.381 bits per heavy atom. The largest absolute Gasteiger partial charge is 0.418 e. The molecule has 4 heterocycles. The summed E-state index contributed by atoms with van der Waals surface area (Å²) >= 11 is 1.74. The Labute approximate surface area is 368 Å². The maximum absolute atomic E-state index is 15.5. The zero-order chi connectivity index (χ0) is 42.0. The minimum absolute atomic E-state index is 0.105. The fourth-order valence-corrected chi connectivity index (χ4v) is 12.1. The second kappa shape index (κ2) is 13.7. The van der Waals surface area contributed by atoms with Crippen LogP contribution >= 0.6 is 11.8 Å². The van der Waals surface area contributed by atoms with Gasteiger partial charge in [0.1, 0.15) is 0 Å². The Balaban J connectivity index is 1.23. The van der Waals surface area contributed by atoms with Gasteiger partial charge in [-0.1, -0.05) is 181 Å². The molecule has 0 bridgehead atoms. The fraction of sp³-hybridized carbons (Fsp3) is 0.0182. The molecule has 0 aliphatic carbocycles. The molecule has 8 heteroatoms. The Hall–Kier alpha value is -7.15. The third-order valence-corrected chi connectivity index (χ3v) is 14.5. The fourth-order valence-electron chi connectivity index (χ4n) is 10.8. The first kappa shape index (κ1) is 36.5. The van der Waals surface area contributed by atoms with Gasteiger partial charge in [-0.3, -0.25) is 0 Å². The van der Waals surface area contributed by atoms with Gasteiger partial charge in [0.15, 0.2) is 0 Å². The maximum atomic E-state index is 15.5. The van der Waals surface area contributed by atoms with E-state index in [4.69, 9.17) is 0 Å². The number of benzene rings is 9. The Morgan fingerprint density at radius 3 is 1.48 bits per heavy atom. The molecular weight excluding hydrogens is 799 g/mol. The van der Waals surface area contributed by atoms with Gasteiger partial charge in [0.05, 0.1) is 16.9 Å². The molecule has 0 fully saturated rings. The van der Waals surface area contributed by atoms with Crippen molar-refractivity contribution in [2.24, 2.45) is 0 Å². The van der Waals surface area contributed by atoms with Crippen molar-refractivity contribution in [3.8, 4) is 33.4 Å². The van der Waals surface area contributed by atoms with Crippen LogP contribution in [-0.4, -0.2) is 13.4 Å². The highest BCUT2D eigenvalue weighted by Crippen LogP contribution is 2.54. The van der Waals surface area contributed by atoms with E-state index >= 15 is 13.2 Å². The number of nitrogens with zero attached hydrogens (tertiary/aromatic N) is 2. The van der Waals surface area contributed by atoms with E-state index in [-0.39, 0.29) is 19.1 Å². The number of alkyl halides is 3. The number of hydrogen-bond donors (Lipinski definition) is 0. The summed E-state index contributed by atoms with van der Waals surface area (Å²) in [4.78, 5) is 6.60. The number of halogens is 3. The Bertz CT molecular complexity index is 3330. The summed E-state index contributed by atoms with van der Waals surface area (Å²) in [5.41, 5.74) is 17.2. The molecule has 0 N–H and O–H groups in total. The second-order valence-electron chi connectivity index (χ2n) is 16.6. The lowest BCUT2D eigenvalue weighted by Gasteiger charge is -2.50. The van der Waals surface area contributed by atoms with Gasteiger partial charge in [0.25, 0.3) is 6.71 Å². The topological polar surface area (TPSA) is 6.48 Å². The van der Waals surface area contributed by atoms with Crippen LogP contribution in [0.1, 0.15) is 5.56 Å². The first-order valence-corrected chi connectivity index (χ1v) is 22.1. The molecule has 13 rings (SSSR count). The molecular formula is C55H33B2F3N2S. The predicted octanol–water partition coefficient (Wildman–Crippen LogP) is 11.1. The van der Waals surface area contributed by atoms with Crippen LogP contribution < -0.4 is 42.6 Å². The molecule has 0 saturated heterocycles. The first-order valence-electron chi connectivity index (χ1n) is 21.2. The van der Waals surface area contributed by atoms with Crippen molar-refractivity contribution >= 4 is 92.1 Å². The summed E-state index contributed by atoms with van der Waals surface area (Å²) in [6.07, 6.45) is -4.60. The molecule has 2 nitrogen and oxygen atoms in total. The summed E-state index contributed by atoms with van der Waals surface area (Å²) in [5, 5.41) is 0. The van der Waals surface area contributed by atoms with Crippen LogP contribution in [0.3, 0.4) is 0 Å². The van der Waals surface area contributed by atoms with Crippen LogP contribution in [0.2, 0.25) is 0 Å².